The van der Waals surface area contributed by atoms with Crippen molar-refractivity contribution in [1.82, 2.24) is 19.4 Å². The Morgan fingerprint density at radius 1 is 1.25 bits per heavy atom. The molecule has 1 atom stereocenters. The SMILES string of the molecule is CCS(C)(OC)c1cc(OC(C)(C)C#N)cnc1-c1cn2cnc(SC(F)(F)F)cc2n1. The van der Waals surface area contributed by atoms with Crippen molar-refractivity contribution in [2.75, 3.05) is 19.1 Å². The number of pyridine rings is 1. The van der Waals surface area contributed by atoms with Crippen molar-refractivity contribution in [1.29, 1.82) is 5.26 Å². The van der Waals surface area contributed by atoms with Crippen LogP contribution in [-0.2, 0) is 4.18 Å². The lowest BCUT2D eigenvalue weighted by Gasteiger charge is -2.34. The minimum Gasteiger partial charge on any atom is -0.471 e. The van der Waals surface area contributed by atoms with E-state index in [4.69, 9.17) is 8.92 Å². The lowest BCUT2D eigenvalue weighted by molar-refractivity contribution is -0.0329. The molecule has 0 N–H and O–H groups in total. The minimum absolute atomic E-state index is 0.196. The van der Waals surface area contributed by atoms with Crippen LogP contribution in [-0.4, -0.2) is 49.6 Å². The topological polar surface area (TPSA) is 85.3 Å². The number of aromatic nitrogens is 4. The van der Waals surface area contributed by atoms with Crippen LogP contribution in [0.4, 0.5) is 13.2 Å². The van der Waals surface area contributed by atoms with Gasteiger partial charge in [0.25, 0.3) is 0 Å². The lowest BCUT2D eigenvalue weighted by atomic mass is 10.2. The van der Waals surface area contributed by atoms with Gasteiger partial charge in [0, 0.05) is 41.8 Å². The third-order valence-corrected chi connectivity index (χ3v) is 8.38. The second-order valence-electron chi connectivity index (χ2n) is 7.37. The van der Waals surface area contributed by atoms with E-state index in [1.807, 2.05) is 13.2 Å². The molecular weight excluding hydrogens is 463 g/mol. The van der Waals surface area contributed by atoms with Gasteiger partial charge >= 0.3 is 5.51 Å². The van der Waals surface area contributed by atoms with Crippen LogP contribution in [0.2, 0.25) is 0 Å². The van der Waals surface area contributed by atoms with E-state index in [9.17, 15) is 18.4 Å². The van der Waals surface area contributed by atoms with Gasteiger partial charge in [-0.25, -0.2) is 15.0 Å². The molecule has 3 aromatic heterocycles. The predicted molar refractivity (Wildman–Crippen MR) is 118 cm³/mol. The molecule has 0 saturated carbocycles. The Hall–Kier alpha value is -2.49. The minimum atomic E-state index is -4.44. The highest BCUT2D eigenvalue weighted by molar-refractivity contribution is 8.29. The fraction of sp³-hybridized carbons (Fsp3) is 0.400. The fourth-order valence-electron chi connectivity index (χ4n) is 2.85. The lowest BCUT2D eigenvalue weighted by Crippen LogP contribution is -2.25. The first-order valence-electron chi connectivity index (χ1n) is 9.42. The molecular formula is C20H22F3N5O2S2. The Kier molecular flexibility index (Phi) is 6.65. The summed E-state index contributed by atoms with van der Waals surface area (Å²) in [6.07, 6.45) is 6.41. The van der Waals surface area contributed by atoms with E-state index in [-0.39, 0.29) is 16.8 Å². The summed E-state index contributed by atoms with van der Waals surface area (Å²) in [5.74, 6) is 1.10. The normalized spacial score (nSPS) is 15.2. The zero-order valence-corrected chi connectivity index (χ0v) is 19.7. The molecule has 0 amide bonds. The van der Waals surface area contributed by atoms with Gasteiger partial charge in [0.2, 0.25) is 0 Å². The zero-order chi connectivity index (χ0) is 23.7. The van der Waals surface area contributed by atoms with Crippen molar-refractivity contribution >= 4 is 27.7 Å². The smallest absolute Gasteiger partial charge is 0.447 e. The molecule has 1 unspecified atom stereocenters. The quantitative estimate of drug-likeness (QED) is 0.325. The van der Waals surface area contributed by atoms with Crippen molar-refractivity contribution in [2.24, 2.45) is 0 Å². The summed E-state index contributed by atoms with van der Waals surface area (Å²) in [5, 5.41) is 9.08. The number of rotatable bonds is 7. The summed E-state index contributed by atoms with van der Waals surface area (Å²) in [5.41, 5.74) is -4.18. The average Bonchev–Trinajstić information content (AvgIpc) is 3.14. The Balaban J connectivity index is 2.11. The first kappa shape index (κ1) is 24.2. The van der Waals surface area contributed by atoms with Crippen molar-refractivity contribution in [3.63, 3.8) is 0 Å². The summed E-state index contributed by atoms with van der Waals surface area (Å²) in [6.45, 7) is 5.28. The molecule has 3 rings (SSSR count). The fourth-order valence-corrected chi connectivity index (χ4v) is 5.01. The zero-order valence-electron chi connectivity index (χ0n) is 18.1. The van der Waals surface area contributed by atoms with Crippen molar-refractivity contribution in [2.45, 2.75) is 41.8 Å². The van der Waals surface area contributed by atoms with Crippen LogP contribution in [0, 0.1) is 11.3 Å². The number of halogens is 3. The largest absolute Gasteiger partial charge is 0.471 e. The first-order valence-corrected chi connectivity index (χ1v) is 12.4. The maximum atomic E-state index is 12.7. The summed E-state index contributed by atoms with van der Waals surface area (Å²) in [4.78, 5) is 13.6. The van der Waals surface area contributed by atoms with Gasteiger partial charge in [0.05, 0.1) is 6.20 Å². The number of nitriles is 1. The summed E-state index contributed by atoms with van der Waals surface area (Å²) >= 11 is -0.294. The second kappa shape index (κ2) is 8.80. The molecule has 0 aromatic carbocycles. The molecule has 0 radical (unpaired) electrons. The standard InChI is InChI=1S/C20H22F3N5O2S2/c1-6-32(5,29-4)15-7-13(30-19(2,3)11-24)9-25-18(15)14-10-28-12-26-17(8-16(28)27-14)31-20(21,22)23/h7-10,12H,6H2,1-5H3. The van der Waals surface area contributed by atoms with Gasteiger partial charge in [-0.1, -0.05) is 6.92 Å². The van der Waals surface area contributed by atoms with Gasteiger partial charge in [-0.2, -0.15) is 18.4 Å². The van der Waals surface area contributed by atoms with Gasteiger partial charge in [-0.3, -0.25) is 4.40 Å². The van der Waals surface area contributed by atoms with Gasteiger partial charge in [-0.15, -0.1) is 10.3 Å². The molecule has 12 heteroatoms. The van der Waals surface area contributed by atoms with E-state index < -0.39 is 21.4 Å². The van der Waals surface area contributed by atoms with Gasteiger partial charge in [-0.05, 0) is 26.2 Å². The molecule has 0 aliphatic rings. The second-order valence-corrected chi connectivity index (χ2v) is 11.8. The monoisotopic (exact) mass is 485 g/mol. The summed E-state index contributed by atoms with van der Waals surface area (Å²) in [6, 6.07) is 5.15. The van der Waals surface area contributed by atoms with E-state index in [0.29, 0.717) is 28.5 Å². The van der Waals surface area contributed by atoms with E-state index in [1.54, 1.807) is 33.2 Å². The molecule has 3 heterocycles. The Bertz CT molecular complexity index is 1170. The van der Waals surface area contributed by atoms with Crippen molar-refractivity contribution in [3.8, 4) is 23.2 Å². The number of hydrogen-bond acceptors (Lipinski definition) is 7. The molecule has 0 aliphatic carbocycles. The molecule has 0 saturated heterocycles. The van der Waals surface area contributed by atoms with E-state index in [1.165, 1.54) is 23.0 Å². The molecule has 0 fully saturated rings. The van der Waals surface area contributed by atoms with E-state index >= 15 is 0 Å². The third-order valence-electron chi connectivity index (χ3n) is 4.64. The molecule has 0 spiro atoms. The van der Waals surface area contributed by atoms with Crippen LogP contribution < -0.4 is 4.74 Å². The molecule has 7 nitrogen and oxygen atoms in total. The number of ether oxygens (including phenoxy) is 1. The Morgan fingerprint density at radius 3 is 2.56 bits per heavy atom. The van der Waals surface area contributed by atoms with Crippen LogP contribution in [0.1, 0.15) is 20.8 Å². The van der Waals surface area contributed by atoms with Crippen molar-refractivity contribution < 1.29 is 22.1 Å². The predicted octanol–water partition coefficient (Wildman–Crippen LogP) is 5.46. The molecule has 3 aromatic rings. The van der Waals surface area contributed by atoms with E-state index in [0.717, 1.165) is 4.90 Å². The van der Waals surface area contributed by atoms with Crippen LogP contribution >= 0.6 is 22.1 Å². The summed E-state index contributed by atoms with van der Waals surface area (Å²) in [7, 11) is -0.155. The maximum absolute atomic E-state index is 12.7. The first-order chi connectivity index (χ1) is 14.9. The number of hydrogen-bond donors (Lipinski definition) is 0. The molecule has 32 heavy (non-hydrogen) atoms. The third kappa shape index (κ3) is 5.28. The highest BCUT2D eigenvalue weighted by Crippen LogP contribution is 2.56. The van der Waals surface area contributed by atoms with Crippen molar-refractivity contribution in [3.05, 3.63) is 30.9 Å². The molecule has 0 aliphatic heterocycles. The van der Waals surface area contributed by atoms with Crippen LogP contribution in [0.15, 0.2) is 40.8 Å². The average molecular weight is 486 g/mol. The number of alkyl halides is 3. The number of imidazole rings is 1. The Labute approximate surface area is 189 Å². The number of nitrogens with zero attached hydrogens (tertiary/aromatic N) is 5. The Morgan fingerprint density at radius 2 is 1.97 bits per heavy atom. The maximum Gasteiger partial charge on any atom is 0.447 e. The van der Waals surface area contributed by atoms with E-state index in [2.05, 4.69) is 21.0 Å². The van der Waals surface area contributed by atoms with Gasteiger partial charge in [0.15, 0.2) is 5.60 Å². The van der Waals surface area contributed by atoms with Crippen LogP contribution in [0.25, 0.3) is 17.0 Å². The van der Waals surface area contributed by atoms with Crippen LogP contribution in [0.3, 0.4) is 0 Å². The summed E-state index contributed by atoms with van der Waals surface area (Å²) < 4.78 is 51.2. The van der Waals surface area contributed by atoms with Gasteiger partial charge < -0.3 is 8.92 Å². The number of thioether (sulfide) groups is 1. The van der Waals surface area contributed by atoms with Crippen LogP contribution in [0.5, 0.6) is 5.75 Å². The highest BCUT2D eigenvalue weighted by Gasteiger charge is 2.31. The molecule has 0 bridgehead atoms. The van der Waals surface area contributed by atoms with Gasteiger partial charge in [0.1, 0.15) is 40.2 Å². The highest BCUT2D eigenvalue weighted by atomic mass is 32.3. The number of fused-ring (bicyclic) bond motifs is 1. The molecule has 172 valence electrons.